The normalized spacial score (nSPS) is 23.0. The highest BCUT2D eigenvalue weighted by Crippen LogP contribution is 2.27. The average molecular weight is 214 g/mol. The molecule has 3 heteroatoms. The number of nitrogens with two attached hydrogens (primary N) is 1. The quantitative estimate of drug-likeness (QED) is 0.753. The standard InChI is InChI=1S/C12H26N2O/c1-11(2)12(9-13,10-15-3)14-7-5-4-6-8-14/h11H,4-10,13H2,1-3H3. The summed E-state index contributed by atoms with van der Waals surface area (Å²) in [6.45, 7) is 8.30. The first-order valence-electron chi connectivity index (χ1n) is 6.11. The largest absolute Gasteiger partial charge is 0.383 e. The molecule has 90 valence electrons. The van der Waals surface area contributed by atoms with Gasteiger partial charge in [-0.05, 0) is 31.8 Å². The number of rotatable bonds is 5. The molecule has 0 amide bonds. The van der Waals surface area contributed by atoms with Gasteiger partial charge in [-0.15, -0.1) is 0 Å². The molecule has 0 spiro atoms. The number of nitrogens with zero attached hydrogens (tertiary/aromatic N) is 1. The first-order valence-corrected chi connectivity index (χ1v) is 6.11. The predicted octanol–water partition coefficient (Wildman–Crippen LogP) is 1.47. The van der Waals surface area contributed by atoms with E-state index in [0.717, 1.165) is 6.61 Å². The van der Waals surface area contributed by atoms with Crippen molar-refractivity contribution in [1.82, 2.24) is 4.90 Å². The number of hydrogen-bond donors (Lipinski definition) is 1. The smallest absolute Gasteiger partial charge is 0.0661 e. The molecule has 1 saturated heterocycles. The molecule has 0 aliphatic carbocycles. The maximum Gasteiger partial charge on any atom is 0.0661 e. The van der Waals surface area contributed by atoms with Crippen LogP contribution in [0, 0.1) is 5.92 Å². The van der Waals surface area contributed by atoms with Crippen LogP contribution in [0.5, 0.6) is 0 Å². The monoisotopic (exact) mass is 214 g/mol. The Morgan fingerprint density at radius 3 is 2.27 bits per heavy atom. The Bertz CT molecular complexity index is 178. The van der Waals surface area contributed by atoms with Crippen molar-refractivity contribution in [3.63, 3.8) is 0 Å². The summed E-state index contributed by atoms with van der Waals surface area (Å²) in [7, 11) is 1.77. The molecule has 0 radical (unpaired) electrons. The Labute approximate surface area is 94.0 Å². The minimum absolute atomic E-state index is 0.0508. The van der Waals surface area contributed by atoms with Gasteiger partial charge in [0, 0.05) is 13.7 Å². The zero-order valence-corrected chi connectivity index (χ0v) is 10.5. The summed E-state index contributed by atoms with van der Waals surface area (Å²) in [6, 6.07) is 0. The molecule has 0 aromatic carbocycles. The fraction of sp³-hybridized carbons (Fsp3) is 1.00. The summed E-state index contributed by atoms with van der Waals surface area (Å²) in [5.74, 6) is 0.542. The molecule has 0 aromatic heterocycles. The molecule has 1 unspecified atom stereocenters. The minimum Gasteiger partial charge on any atom is -0.383 e. The van der Waals surface area contributed by atoms with E-state index in [-0.39, 0.29) is 5.54 Å². The van der Waals surface area contributed by atoms with Crippen molar-refractivity contribution in [3.05, 3.63) is 0 Å². The van der Waals surface area contributed by atoms with Crippen LogP contribution >= 0.6 is 0 Å². The molecular weight excluding hydrogens is 188 g/mol. The van der Waals surface area contributed by atoms with E-state index >= 15 is 0 Å². The predicted molar refractivity (Wildman–Crippen MR) is 63.9 cm³/mol. The molecule has 1 heterocycles. The topological polar surface area (TPSA) is 38.5 Å². The van der Waals surface area contributed by atoms with Gasteiger partial charge in [-0.2, -0.15) is 0 Å². The van der Waals surface area contributed by atoms with Crippen LogP contribution in [0.25, 0.3) is 0 Å². The van der Waals surface area contributed by atoms with Gasteiger partial charge in [0.05, 0.1) is 12.1 Å². The van der Waals surface area contributed by atoms with Crippen LogP contribution < -0.4 is 5.73 Å². The molecule has 0 saturated carbocycles. The molecule has 1 aliphatic rings. The molecule has 15 heavy (non-hydrogen) atoms. The van der Waals surface area contributed by atoms with Gasteiger partial charge < -0.3 is 10.5 Å². The van der Waals surface area contributed by atoms with E-state index in [1.54, 1.807) is 7.11 Å². The molecule has 1 rings (SSSR count). The summed E-state index contributed by atoms with van der Waals surface area (Å²) in [5, 5.41) is 0. The van der Waals surface area contributed by atoms with Crippen LogP contribution in [0.3, 0.4) is 0 Å². The second-order valence-electron chi connectivity index (χ2n) is 4.94. The van der Waals surface area contributed by atoms with Crippen molar-refractivity contribution in [2.75, 3.05) is 33.4 Å². The van der Waals surface area contributed by atoms with Crippen LogP contribution in [-0.4, -0.2) is 43.8 Å². The van der Waals surface area contributed by atoms with Crippen LogP contribution in [0.2, 0.25) is 0 Å². The highest BCUT2D eigenvalue weighted by atomic mass is 16.5. The van der Waals surface area contributed by atoms with Gasteiger partial charge in [-0.3, -0.25) is 4.90 Å². The second kappa shape index (κ2) is 5.83. The minimum atomic E-state index is 0.0508. The van der Waals surface area contributed by atoms with E-state index < -0.39 is 0 Å². The third-order valence-corrected chi connectivity index (χ3v) is 3.81. The highest BCUT2D eigenvalue weighted by Gasteiger charge is 2.38. The number of piperidine rings is 1. The summed E-state index contributed by atoms with van der Waals surface area (Å²) >= 11 is 0. The summed E-state index contributed by atoms with van der Waals surface area (Å²) in [5.41, 5.74) is 6.05. The van der Waals surface area contributed by atoms with E-state index in [2.05, 4.69) is 18.7 Å². The van der Waals surface area contributed by atoms with E-state index in [1.807, 2.05) is 0 Å². The summed E-state index contributed by atoms with van der Waals surface area (Å²) < 4.78 is 5.39. The van der Waals surface area contributed by atoms with Gasteiger partial charge in [0.1, 0.15) is 0 Å². The molecular formula is C12H26N2O. The van der Waals surface area contributed by atoms with Crippen LogP contribution in [0.4, 0.5) is 0 Å². The Morgan fingerprint density at radius 1 is 1.27 bits per heavy atom. The molecule has 2 N–H and O–H groups in total. The lowest BCUT2D eigenvalue weighted by molar-refractivity contribution is -0.0257. The van der Waals surface area contributed by atoms with Gasteiger partial charge in [-0.25, -0.2) is 0 Å². The van der Waals surface area contributed by atoms with Crippen LogP contribution in [-0.2, 0) is 4.74 Å². The number of ether oxygens (including phenoxy) is 1. The SMILES string of the molecule is COCC(CN)(C(C)C)N1CCCCC1. The van der Waals surface area contributed by atoms with Gasteiger partial charge in [0.15, 0.2) is 0 Å². The van der Waals surface area contributed by atoms with E-state index in [4.69, 9.17) is 10.5 Å². The fourth-order valence-electron chi connectivity index (χ4n) is 2.64. The Hall–Kier alpha value is -0.120. The Morgan fingerprint density at radius 2 is 1.87 bits per heavy atom. The van der Waals surface area contributed by atoms with Gasteiger partial charge in [-0.1, -0.05) is 20.3 Å². The lowest BCUT2D eigenvalue weighted by Gasteiger charge is -2.47. The van der Waals surface area contributed by atoms with Crippen molar-refractivity contribution in [2.24, 2.45) is 11.7 Å². The van der Waals surface area contributed by atoms with Gasteiger partial charge >= 0.3 is 0 Å². The van der Waals surface area contributed by atoms with Crippen molar-refractivity contribution in [2.45, 2.75) is 38.6 Å². The lowest BCUT2D eigenvalue weighted by Crippen LogP contribution is -2.61. The summed E-state index contributed by atoms with van der Waals surface area (Å²) in [4.78, 5) is 2.55. The average Bonchev–Trinajstić information content (AvgIpc) is 2.26. The van der Waals surface area contributed by atoms with E-state index in [9.17, 15) is 0 Å². The Kier molecular flexibility index (Phi) is 5.03. The highest BCUT2D eigenvalue weighted by molar-refractivity contribution is 4.95. The molecule has 1 aliphatic heterocycles. The first-order chi connectivity index (χ1) is 7.17. The van der Waals surface area contributed by atoms with Gasteiger partial charge in [0.25, 0.3) is 0 Å². The molecule has 1 atom stereocenters. The third-order valence-electron chi connectivity index (χ3n) is 3.81. The lowest BCUT2D eigenvalue weighted by atomic mass is 9.84. The maximum atomic E-state index is 6.00. The maximum absolute atomic E-state index is 6.00. The first kappa shape index (κ1) is 12.9. The summed E-state index contributed by atoms with van der Waals surface area (Å²) in [6.07, 6.45) is 3.97. The third kappa shape index (κ3) is 2.71. The van der Waals surface area contributed by atoms with Crippen LogP contribution in [0.15, 0.2) is 0 Å². The number of hydrogen-bond acceptors (Lipinski definition) is 3. The van der Waals surface area contributed by atoms with Crippen molar-refractivity contribution < 1.29 is 4.74 Å². The number of methoxy groups -OCH3 is 1. The van der Waals surface area contributed by atoms with Crippen molar-refractivity contribution in [3.8, 4) is 0 Å². The molecule has 1 fully saturated rings. The van der Waals surface area contributed by atoms with Crippen molar-refractivity contribution in [1.29, 1.82) is 0 Å². The van der Waals surface area contributed by atoms with Crippen molar-refractivity contribution >= 4 is 0 Å². The van der Waals surface area contributed by atoms with Gasteiger partial charge in [0.2, 0.25) is 0 Å². The fourth-order valence-corrected chi connectivity index (χ4v) is 2.64. The Balaban J connectivity index is 2.75. The molecule has 0 aromatic rings. The van der Waals surface area contributed by atoms with Crippen LogP contribution in [0.1, 0.15) is 33.1 Å². The molecule has 3 nitrogen and oxygen atoms in total. The zero-order chi connectivity index (χ0) is 11.3. The second-order valence-corrected chi connectivity index (χ2v) is 4.94. The van der Waals surface area contributed by atoms with E-state index in [0.29, 0.717) is 12.5 Å². The van der Waals surface area contributed by atoms with E-state index in [1.165, 1.54) is 32.4 Å². The molecule has 0 bridgehead atoms. The number of likely N-dealkylation sites (tertiary alicyclic amines) is 1. The zero-order valence-electron chi connectivity index (χ0n) is 10.5.